The Morgan fingerprint density at radius 1 is 1.20 bits per heavy atom. The molecule has 9 heteroatoms. The average molecular weight is 522 g/mol. The number of carbonyl (C=O) groups excluding carboxylic acids is 1. The summed E-state index contributed by atoms with van der Waals surface area (Å²) in [6, 6.07) is 8.18. The molecule has 30 heavy (non-hydrogen) atoms. The third kappa shape index (κ3) is 4.61. The summed E-state index contributed by atoms with van der Waals surface area (Å²) in [6.07, 6.45) is 1.58. The maximum atomic E-state index is 12.3. The van der Waals surface area contributed by atoms with Gasteiger partial charge in [0, 0.05) is 17.2 Å². The first-order chi connectivity index (χ1) is 14.3. The van der Waals surface area contributed by atoms with Crippen molar-refractivity contribution in [1.82, 2.24) is 0 Å². The lowest BCUT2D eigenvalue weighted by Crippen LogP contribution is -2.06. The van der Waals surface area contributed by atoms with E-state index in [4.69, 9.17) is 14.2 Å². The number of nitro benzene ring substituents is 1. The molecule has 0 aromatic heterocycles. The molecule has 0 bridgehead atoms. The van der Waals surface area contributed by atoms with Gasteiger partial charge in [-0.1, -0.05) is 6.07 Å². The first-order valence-electron chi connectivity index (χ1n) is 9.21. The van der Waals surface area contributed by atoms with Gasteiger partial charge in [-0.15, -0.1) is 0 Å². The molecule has 0 radical (unpaired) electrons. The van der Waals surface area contributed by atoms with Crippen LogP contribution in [0.25, 0.3) is 6.08 Å². The molecule has 0 fully saturated rings. The predicted octanol–water partition coefficient (Wildman–Crippen LogP) is 4.65. The zero-order chi connectivity index (χ0) is 21.8. The lowest BCUT2D eigenvalue weighted by atomic mass is 10.1. The summed E-state index contributed by atoms with van der Waals surface area (Å²) in [6.45, 7) is 6.37. The number of ether oxygens (including phenoxy) is 3. The molecule has 0 N–H and O–H groups in total. The number of benzene rings is 2. The fraction of sp³-hybridized carbons (Fsp3) is 0.238. The van der Waals surface area contributed by atoms with Crippen LogP contribution < -0.4 is 9.47 Å². The summed E-state index contributed by atoms with van der Waals surface area (Å²) >= 11 is 2.14. The van der Waals surface area contributed by atoms with Crippen molar-refractivity contribution in [2.24, 2.45) is 4.99 Å². The van der Waals surface area contributed by atoms with E-state index in [1.807, 2.05) is 19.9 Å². The van der Waals surface area contributed by atoms with E-state index in [-0.39, 0.29) is 17.3 Å². The van der Waals surface area contributed by atoms with Crippen molar-refractivity contribution in [3.63, 3.8) is 0 Å². The molecule has 1 aliphatic heterocycles. The summed E-state index contributed by atoms with van der Waals surface area (Å²) in [5.74, 6) is 0.616. The number of halogens is 1. The number of nitrogens with zero attached hydrogens (tertiary/aromatic N) is 2. The van der Waals surface area contributed by atoms with Gasteiger partial charge in [0.2, 0.25) is 5.90 Å². The molecule has 0 saturated carbocycles. The molecule has 1 aliphatic rings. The van der Waals surface area contributed by atoms with Gasteiger partial charge in [-0.25, -0.2) is 9.79 Å². The van der Waals surface area contributed by atoms with Crippen LogP contribution in [0.1, 0.15) is 30.5 Å². The number of esters is 1. The van der Waals surface area contributed by atoms with Crippen molar-refractivity contribution in [3.05, 3.63) is 66.4 Å². The molecule has 0 unspecified atom stereocenters. The molecule has 3 rings (SSSR count). The maximum Gasteiger partial charge on any atom is 0.363 e. The van der Waals surface area contributed by atoms with Crippen LogP contribution in [0, 0.1) is 20.6 Å². The van der Waals surface area contributed by atoms with E-state index in [1.54, 1.807) is 31.2 Å². The average Bonchev–Trinajstić information content (AvgIpc) is 3.05. The standard InChI is InChI=1S/C21H19IN2O6/c1-4-28-18-10-13(8-15(22)19(18)29-5-2)9-16-21(25)30-20(23-16)14-7-6-12(3)17(11-14)24(26)27/h6-11H,4-5H2,1-3H3/b16-9-. The Hall–Kier alpha value is -2.95. The Balaban J connectivity index is 1.98. The fourth-order valence-corrected chi connectivity index (χ4v) is 3.63. The topological polar surface area (TPSA) is 100 Å². The Kier molecular flexibility index (Phi) is 6.70. The van der Waals surface area contributed by atoms with Gasteiger partial charge in [0.1, 0.15) is 0 Å². The van der Waals surface area contributed by atoms with E-state index in [0.717, 1.165) is 3.57 Å². The molecule has 0 aliphatic carbocycles. The summed E-state index contributed by atoms with van der Waals surface area (Å²) in [4.78, 5) is 27.2. The van der Waals surface area contributed by atoms with Gasteiger partial charge < -0.3 is 14.2 Å². The van der Waals surface area contributed by atoms with Crippen molar-refractivity contribution >= 4 is 46.2 Å². The summed E-state index contributed by atoms with van der Waals surface area (Å²) < 4.78 is 17.4. The van der Waals surface area contributed by atoms with Gasteiger partial charge in [-0.2, -0.15) is 0 Å². The number of carbonyl (C=O) groups is 1. The Morgan fingerprint density at radius 2 is 1.93 bits per heavy atom. The van der Waals surface area contributed by atoms with Crippen molar-refractivity contribution in [1.29, 1.82) is 0 Å². The van der Waals surface area contributed by atoms with Crippen LogP contribution in [-0.4, -0.2) is 30.0 Å². The van der Waals surface area contributed by atoms with Crippen LogP contribution in [0.15, 0.2) is 41.0 Å². The molecule has 1 heterocycles. The number of nitro groups is 1. The maximum absolute atomic E-state index is 12.3. The molecular weight excluding hydrogens is 503 g/mol. The first-order valence-corrected chi connectivity index (χ1v) is 10.3. The van der Waals surface area contributed by atoms with Crippen LogP contribution in [0.5, 0.6) is 11.5 Å². The molecule has 0 atom stereocenters. The highest BCUT2D eigenvalue weighted by Crippen LogP contribution is 2.35. The second-order valence-corrected chi connectivity index (χ2v) is 7.45. The molecule has 0 saturated heterocycles. The van der Waals surface area contributed by atoms with Gasteiger partial charge in [0.25, 0.3) is 5.69 Å². The summed E-state index contributed by atoms with van der Waals surface area (Å²) in [5.41, 5.74) is 1.59. The highest BCUT2D eigenvalue weighted by atomic mass is 127. The molecule has 2 aromatic rings. The van der Waals surface area contributed by atoms with Gasteiger partial charge in [-0.3, -0.25) is 10.1 Å². The van der Waals surface area contributed by atoms with E-state index in [1.165, 1.54) is 6.07 Å². The SMILES string of the molecule is CCOc1cc(/C=C2\N=C(c3ccc(C)c([N+](=O)[O-])c3)OC2=O)cc(I)c1OCC. The number of aryl methyl sites for hydroxylation is 1. The summed E-state index contributed by atoms with van der Waals surface area (Å²) in [7, 11) is 0. The molecule has 0 spiro atoms. The van der Waals surface area contributed by atoms with Crippen molar-refractivity contribution in [2.75, 3.05) is 13.2 Å². The van der Waals surface area contributed by atoms with Crippen molar-refractivity contribution in [2.45, 2.75) is 20.8 Å². The van der Waals surface area contributed by atoms with Crippen molar-refractivity contribution in [3.8, 4) is 11.5 Å². The second-order valence-electron chi connectivity index (χ2n) is 6.29. The van der Waals surface area contributed by atoms with Crippen LogP contribution in [0.2, 0.25) is 0 Å². The molecule has 2 aromatic carbocycles. The highest BCUT2D eigenvalue weighted by molar-refractivity contribution is 14.1. The predicted molar refractivity (Wildman–Crippen MR) is 120 cm³/mol. The smallest absolute Gasteiger partial charge is 0.363 e. The van der Waals surface area contributed by atoms with E-state index in [2.05, 4.69) is 27.6 Å². The monoisotopic (exact) mass is 522 g/mol. The highest BCUT2D eigenvalue weighted by Gasteiger charge is 2.26. The van der Waals surface area contributed by atoms with E-state index in [0.29, 0.717) is 41.4 Å². The molecular formula is C21H19IN2O6. The normalized spacial score (nSPS) is 14.5. The van der Waals surface area contributed by atoms with E-state index < -0.39 is 10.9 Å². The number of cyclic esters (lactones) is 1. The minimum atomic E-state index is -0.630. The second kappa shape index (κ2) is 9.24. The van der Waals surface area contributed by atoms with Crippen LogP contribution in [-0.2, 0) is 9.53 Å². The van der Waals surface area contributed by atoms with Crippen LogP contribution in [0.3, 0.4) is 0 Å². The Bertz CT molecular complexity index is 1080. The molecule has 8 nitrogen and oxygen atoms in total. The molecule has 156 valence electrons. The number of aliphatic imine (C=N–C) groups is 1. The third-order valence-corrected chi connectivity index (χ3v) is 5.00. The van der Waals surface area contributed by atoms with Crippen LogP contribution in [0.4, 0.5) is 5.69 Å². The molecule has 0 amide bonds. The largest absolute Gasteiger partial charge is 0.490 e. The zero-order valence-electron chi connectivity index (χ0n) is 16.6. The quantitative estimate of drug-likeness (QED) is 0.173. The van der Waals surface area contributed by atoms with Crippen LogP contribution >= 0.6 is 22.6 Å². The summed E-state index contributed by atoms with van der Waals surface area (Å²) in [5, 5.41) is 11.2. The lowest BCUT2D eigenvalue weighted by Gasteiger charge is -2.13. The fourth-order valence-electron chi connectivity index (χ4n) is 2.85. The minimum Gasteiger partial charge on any atom is -0.490 e. The van der Waals surface area contributed by atoms with Gasteiger partial charge in [0.15, 0.2) is 17.2 Å². The van der Waals surface area contributed by atoms with E-state index in [9.17, 15) is 14.9 Å². The lowest BCUT2D eigenvalue weighted by molar-refractivity contribution is -0.385. The van der Waals surface area contributed by atoms with Gasteiger partial charge >= 0.3 is 5.97 Å². The number of rotatable bonds is 7. The number of hydrogen-bond acceptors (Lipinski definition) is 7. The third-order valence-electron chi connectivity index (χ3n) is 4.20. The van der Waals surface area contributed by atoms with Gasteiger partial charge in [-0.05, 0) is 73.2 Å². The zero-order valence-corrected chi connectivity index (χ0v) is 18.8. The minimum absolute atomic E-state index is 0.0278. The Labute approximate surface area is 186 Å². The van der Waals surface area contributed by atoms with Crippen molar-refractivity contribution < 1.29 is 23.9 Å². The first kappa shape index (κ1) is 21.8. The van der Waals surface area contributed by atoms with Gasteiger partial charge in [0.05, 0.1) is 21.7 Å². The van der Waals surface area contributed by atoms with E-state index >= 15 is 0 Å². The Morgan fingerprint density at radius 3 is 2.60 bits per heavy atom. The number of hydrogen-bond donors (Lipinski definition) is 0.